The van der Waals surface area contributed by atoms with E-state index in [0.29, 0.717) is 11.3 Å². The number of aryl methyl sites for hydroxylation is 1. The van der Waals surface area contributed by atoms with Gasteiger partial charge in [-0.05, 0) is 36.2 Å². The third-order valence-corrected chi connectivity index (χ3v) is 3.85. The number of hydrogen-bond acceptors (Lipinski definition) is 4. The normalized spacial score (nSPS) is 12.2. The molecule has 0 aliphatic heterocycles. The predicted octanol–water partition coefficient (Wildman–Crippen LogP) is 3.36. The first-order valence-electron chi connectivity index (χ1n) is 6.17. The molecule has 2 aromatic rings. The quantitative estimate of drug-likeness (QED) is 0.858. The minimum absolute atomic E-state index is 0.175. The topological polar surface area (TPSA) is 42.4 Å². The molecule has 1 N–H and O–H groups in total. The molecule has 20 heavy (non-hydrogen) atoms. The Labute approximate surface area is 121 Å². The maximum absolute atomic E-state index is 13.6. The number of aliphatic hydroxyl groups excluding tert-OH is 1. The van der Waals surface area contributed by atoms with Crippen molar-refractivity contribution in [2.75, 3.05) is 12.9 Å². The number of rotatable bonds is 5. The number of methoxy groups -OCH3 is 1. The lowest BCUT2D eigenvalue weighted by Gasteiger charge is -2.11. The molecule has 0 spiro atoms. The van der Waals surface area contributed by atoms with Crippen LogP contribution in [0.2, 0.25) is 0 Å². The Balaban J connectivity index is 1.99. The van der Waals surface area contributed by atoms with Gasteiger partial charge in [0.05, 0.1) is 18.2 Å². The molecule has 0 aliphatic carbocycles. The first-order valence-corrected chi connectivity index (χ1v) is 7.15. The second-order valence-electron chi connectivity index (χ2n) is 4.39. The highest BCUT2D eigenvalue weighted by atomic mass is 32.2. The number of hydrogen-bond donors (Lipinski definition) is 1. The molecule has 1 aromatic heterocycles. The molecular formula is C15H16FNO2S. The lowest BCUT2D eigenvalue weighted by atomic mass is 10.1. The lowest BCUT2D eigenvalue weighted by molar-refractivity contribution is 0.203. The van der Waals surface area contributed by atoms with Crippen LogP contribution in [-0.2, 0) is 0 Å². The van der Waals surface area contributed by atoms with E-state index < -0.39 is 11.9 Å². The standard InChI is InChI=1S/C15H16FNO2S/c1-10-3-6-15(17-8-10)20-9-13(18)11-4-5-14(19-2)12(16)7-11/h3-8,13,18H,9H2,1-2H3. The summed E-state index contributed by atoms with van der Waals surface area (Å²) in [7, 11) is 1.41. The maximum atomic E-state index is 13.6. The molecule has 106 valence electrons. The van der Waals surface area contributed by atoms with E-state index in [0.717, 1.165) is 10.6 Å². The molecule has 0 fully saturated rings. The van der Waals surface area contributed by atoms with Crippen molar-refractivity contribution in [1.29, 1.82) is 0 Å². The first kappa shape index (κ1) is 14.8. The van der Waals surface area contributed by atoms with Gasteiger partial charge >= 0.3 is 0 Å². The second-order valence-corrected chi connectivity index (χ2v) is 5.43. The highest BCUT2D eigenvalue weighted by Gasteiger charge is 2.12. The lowest BCUT2D eigenvalue weighted by Crippen LogP contribution is -2.02. The van der Waals surface area contributed by atoms with Gasteiger partial charge in [0, 0.05) is 11.9 Å². The molecule has 1 atom stereocenters. The Morgan fingerprint density at radius 3 is 2.75 bits per heavy atom. The molecule has 0 aliphatic rings. The number of aromatic nitrogens is 1. The fourth-order valence-electron chi connectivity index (χ4n) is 1.69. The van der Waals surface area contributed by atoms with Crippen LogP contribution in [0, 0.1) is 12.7 Å². The zero-order valence-electron chi connectivity index (χ0n) is 11.3. The average molecular weight is 293 g/mol. The molecule has 0 saturated heterocycles. The number of aliphatic hydroxyl groups is 1. The van der Waals surface area contributed by atoms with Crippen molar-refractivity contribution in [3.63, 3.8) is 0 Å². The van der Waals surface area contributed by atoms with Crippen LogP contribution in [0.4, 0.5) is 4.39 Å². The van der Waals surface area contributed by atoms with Crippen molar-refractivity contribution >= 4 is 11.8 Å². The minimum atomic E-state index is -0.747. The van der Waals surface area contributed by atoms with Crippen LogP contribution in [0.3, 0.4) is 0 Å². The van der Waals surface area contributed by atoms with E-state index >= 15 is 0 Å². The van der Waals surface area contributed by atoms with Gasteiger partial charge in [-0.15, -0.1) is 11.8 Å². The molecule has 5 heteroatoms. The van der Waals surface area contributed by atoms with Gasteiger partial charge in [-0.1, -0.05) is 12.1 Å². The Morgan fingerprint density at radius 1 is 1.35 bits per heavy atom. The third kappa shape index (κ3) is 3.71. The second kappa shape index (κ2) is 6.72. The molecule has 0 saturated carbocycles. The fraction of sp³-hybridized carbons (Fsp3) is 0.267. The first-order chi connectivity index (χ1) is 9.60. The monoisotopic (exact) mass is 293 g/mol. The third-order valence-electron chi connectivity index (χ3n) is 2.83. The van der Waals surface area contributed by atoms with Crippen molar-refractivity contribution < 1.29 is 14.2 Å². The summed E-state index contributed by atoms with van der Waals surface area (Å²) in [4.78, 5) is 4.25. The number of benzene rings is 1. The number of nitrogens with zero attached hydrogens (tertiary/aromatic N) is 1. The van der Waals surface area contributed by atoms with Crippen molar-refractivity contribution in [3.05, 3.63) is 53.5 Å². The van der Waals surface area contributed by atoms with Gasteiger partial charge in [0.25, 0.3) is 0 Å². The SMILES string of the molecule is COc1ccc(C(O)CSc2ccc(C)cn2)cc1F. The number of pyridine rings is 1. The molecule has 0 bridgehead atoms. The highest BCUT2D eigenvalue weighted by Crippen LogP contribution is 2.26. The van der Waals surface area contributed by atoms with Gasteiger partial charge in [0.2, 0.25) is 0 Å². The van der Waals surface area contributed by atoms with Gasteiger partial charge in [0.15, 0.2) is 11.6 Å². The van der Waals surface area contributed by atoms with Crippen LogP contribution >= 0.6 is 11.8 Å². The molecule has 0 radical (unpaired) electrons. The zero-order valence-corrected chi connectivity index (χ0v) is 12.2. The Hall–Kier alpha value is -1.59. The summed E-state index contributed by atoms with van der Waals surface area (Å²) in [6, 6.07) is 8.35. The van der Waals surface area contributed by atoms with Crippen molar-refractivity contribution in [1.82, 2.24) is 4.98 Å². The molecule has 3 nitrogen and oxygen atoms in total. The number of ether oxygens (including phenoxy) is 1. The van der Waals surface area contributed by atoms with E-state index in [1.165, 1.54) is 31.0 Å². The van der Waals surface area contributed by atoms with Crippen molar-refractivity contribution in [2.24, 2.45) is 0 Å². The van der Waals surface area contributed by atoms with Gasteiger partial charge in [0.1, 0.15) is 0 Å². The highest BCUT2D eigenvalue weighted by molar-refractivity contribution is 7.99. The van der Waals surface area contributed by atoms with Gasteiger partial charge in [-0.3, -0.25) is 0 Å². The minimum Gasteiger partial charge on any atom is -0.494 e. The smallest absolute Gasteiger partial charge is 0.165 e. The predicted molar refractivity (Wildman–Crippen MR) is 77.6 cm³/mol. The van der Waals surface area contributed by atoms with Crippen LogP contribution in [0.5, 0.6) is 5.75 Å². The van der Waals surface area contributed by atoms with E-state index in [2.05, 4.69) is 4.98 Å². The molecule has 0 amide bonds. The summed E-state index contributed by atoms with van der Waals surface area (Å²) < 4.78 is 18.4. The molecule has 1 aromatic carbocycles. The molecule has 2 rings (SSSR count). The largest absolute Gasteiger partial charge is 0.494 e. The van der Waals surface area contributed by atoms with Crippen molar-refractivity contribution in [2.45, 2.75) is 18.1 Å². The summed E-state index contributed by atoms with van der Waals surface area (Å²) in [5.41, 5.74) is 1.62. The van der Waals surface area contributed by atoms with Crippen molar-refractivity contribution in [3.8, 4) is 5.75 Å². The van der Waals surface area contributed by atoms with Crippen LogP contribution in [-0.4, -0.2) is 23.0 Å². The van der Waals surface area contributed by atoms with E-state index in [1.54, 1.807) is 12.3 Å². The average Bonchev–Trinajstić information content (AvgIpc) is 2.46. The summed E-state index contributed by atoms with van der Waals surface area (Å²) in [6.07, 6.45) is 1.03. The summed E-state index contributed by atoms with van der Waals surface area (Å²) in [5, 5.41) is 10.9. The van der Waals surface area contributed by atoms with Gasteiger partial charge in [-0.2, -0.15) is 0 Å². The Morgan fingerprint density at radius 2 is 2.15 bits per heavy atom. The van der Waals surface area contributed by atoms with Crippen LogP contribution in [0.15, 0.2) is 41.6 Å². The number of halogens is 1. The molecular weight excluding hydrogens is 277 g/mol. The fourth-order valence-corrected chi connectivity index (χ4v) is 2.50. The zero-order chi connectivity index (χ0) is 14.5. The number of thioether (sulfide) groups is 1. The van der Waals surface area contributed by atoms with Crippen LogP contribution in [0.25, 0.3) is 0 Å². The van der Waals surface area contributed by atoms with E-state index in [-0.39, 0.29) is 5.75 Å². The Kier molecular flexibility index (Phi) is 4.98. The maximum Gasteiger partial charge on any atom is 0.165 e. The summed E-state index contributed by atoms with van der Waals surface area (Å²) >= 11 is 1.43. The summed E-state index contributed by atoms with van der Waals surface area (Å²) in [6.45, 7) is 1.97. The summed E-state index contributed by atoms with van der Waals surface area (Å²) in [5.74, 6) is 0.123. The Bertz CT molecular complexity index is 575. The van der Waals surface area contributed by atoms with Gasteiger partial charge < -0.3 is 9.84 Å². The molecule has 1 unspecified atom stereocenters. The molecule has 1 heterocycles. The van der Waals surface area contributed by atoms with Gasteiger partial charge in [-0.25, -0.2) is 9.37 Å². The van der Waals surface area contributed by atoms with E-state index in [4.69, 9.17) is 4.74 Å². The van der Waals surface area contributed by atoms with Crippen LogP contribution in [0.1, 0.15) is 17.2 Å². The van der Waals surface area contributed by atoms with E-state index in [1.807, 2.05) is 19.1 Å². The van der Waals surface area contributed by atoms with Crippen LogP contribution < -0.4 is 4.74 Å². The van der Waals surface area contributed by atoms with E-state index in [9.17, 15) is 9.50 Å².